The van der Waals surface area contributed by atoms with Crippen LogP contribution >= 0.6 is 11.6 Å². The Balaban J connectivity index is 1.61. The van der Waals surface area contributed by atoms with Crippen molar-refractivity contribution in [2.75, 3.05) is 7.11 Å². The summed E-state index contributed by atoms with van der Waals surface area (Å²) in [6.07, 6.45) is 1.50. The van der Waals surface area contributed by atoms with E-state index in [1.165, 1.54) is 24.3 Å². The summed E-state index contributed by atoms with van der Waals surface area (Å²) in [7, 11) is 1.47. The second-order valence-electron chi connectivity index (χ2n) is 7.55. The van der Waals surface area contributed by atoms with Crippen LogP contribution in [0.2, 0.25) is 5.02 Å². The summed E-state index contributed by atoms with van der Waals surface area (Å²) in [5.74, 6) is -1.04. The first-order chi connectivity index (χ1) is 16.0. The zero-order valence-electron chi connectivity index (χ0n) is 17.4. The second kappa shape index (κ2) is 8.18. The molecule has 0 spiro atoms. The molecule has 166 valence electrons. The van der Waals surface area contributed by atoms with E-state index in [-0.39, 0.29) is 17.9 Å². The fraction of sp³-hybridized carbons (Fsp3) is 0.120. The largest absolute Gasteiger partial charge is 0.503 e. The number of fused-ring (bicyclic) bond motifs is 1. The Morgan fingerprint density at radius 1 is 1.15 bits per heavy atom. The second-order valence-corrected chi connectivity index (χ2v) is 7.99. The highest BCUT2D eigenvalue weighted by molar-refractivity contribution is 6.31. The highest BCUT2D eigenvalue weighted by Gasteiger charge is 2.44. The Bertz CT molecular complexity index is 1390. The van der Waals surface area contributed by atoms with Gasteiger partial charge in [0.2, 0.25) is 5.78 Å². The molecule has 0 bridgehead atoms. The van der Waals surface area contributed by atoms with Crippen LogP contribution in [0.25, 0.3) is 11.0 Å². The SMILES string of the molecule is COc1cc(Cl)cc2cc(C(=O)C3=C(O)C(=O)N(Cc4ccco4)C3c3ccccc3)oc12. The minimum atomic E-state index is -0.824. The maximum absolute atomic E-state index is 13.6. The predicted octanol–water partition coefficient (Wildman–Crippen LogP) is 5.47. The van der Waals surface area contributed by atoms with Gasteiger partial charge in [-0.05, 0) is 29.8 Å². The molecule has 33 heavy (non-hydrogen) atoms. The Labute approximate surface area is 193 Å². The van der Waals surface area contributed by atoms with E-state index in [0.717, 1.165) is 0 Å². The molecule has 1 amide bonds. The lowest BCUT2D eigenvalue weighted by Gasteiger charge is -2.25. The van der Waals surface area contributed by atoms with Gasteiger partial charge in [-0.2, -0.15) is 0 Å². The highest BCUT2D eigenvalue weighted by atomic mass is 35.5. The number of aliphatic hydroxyl groups is 1. The van der Waals surface area contributed by atoms with Crippen molar-refractivity contribution in [1.29, 1.82) is 0 Å². The third kappa shape index (κ3) is 3.56. The average Bonchev–Trinajstić information content (AvgIpc) is 3.54. The molecule has 1 atom stereocenters. The van der Waals surface area contributed by atoms with Gasteiger partial charge in [0, 0.05) is 16.5 Å². The molecule has 8 heteroatoms. The first kappa shape index (κ1) is 20.9. The molecule has 2 aromatic carbocycles. The number of amides is 1. The molecule has 0 fully saturated rings. The molecule has 0 saturated carbocycles. The van der Waals surface area contributed by atoms with E-state index in [2.05, 4.69) is 0 Å². The molecule has 1 unspecified atom stereocenters. The molecule has 0 saturated heterocycles. The normalized spacial score (nSPS) is 16.1. The van der Waals surface area contributed by atoms with Gasteiger partial charge in [0.15, 0.2) is 22.9 Å². The number of hydrogen-bond acceptors (Lipinski definition) is 6. The first-order valence-corrected chi connectivity index (χ1v) is 10.5. The smallest absolute Gasteiger partial charge is 0.290 e. The third-order valence-electron chi connectivity index (χ3n) is 5.56. The minimum absolute atomic E-state index is 0.0410. The van der Waals surface area contributed by atoms with Crippen LogP contribution in [0.15, 0.2) is 87.1 Å². The fourth-order valence-electron chi connectivity index (χ4n) is 4.08. The molecule has 0 aliphatic carbocycles. The van der Waals surface area contributed by atoms with Crippen molar-refractivity contribution in [2.45, 2.75) is 12.6 Å². The van der Waals surface area contributed by atoms with Crippen LogP contribution in [-0.4, -0.2) is 28.8 Å². The Kier molecular flexibility index (Phi) is 5.18. The van der Waals surface area contributed by atoms with E-state index in [9.17, 15) is 14.7 Å². The van der Waals surface area contributed by atoms with Gasteiger partial charge >= 0.3 is 0 Å². The fourth-order valence-corrected chi connectivity index (χ4v) is 4.30. The van der Waals surface area contributed by atoms with Gasteiger partial charge in [0.05, 0.1) is 31.5 Å². The number of methoxy groups -OCH3 is 1. The number of hydrogen-bond donors (Lipinski definition) is 1. The molecule has 3 heterocycles. The lowest BCUT2D eigenvalue weighted by Crippen LogP contribution is -2.30. The number of furan rings is 2. The third-order valence-corrected chi connectivity index (χ3v) is 5.78. The van der Waals surface area contributed by atoms with Gasteiger partial charge in [0.1, 0.15) is 5.76 Å². The Hall–Kier alpha value is -3.97. The molecule has 1 aliphatic heterocycles. The molecule has 1 N–H and O–H groups in total. The zero-order chi connectivity index (χ0) is 23.1. The van der Waals surface area contributed by atoms with Crippen LogP contribution < -0.4 is 4.74 Å². The van der Waals surface area contributed by atoms with Gasteiger partial charge in [-0.3, -0.25) is 9.59 Å². The van der Waals surface area contributed by atoms with E-state index in [1.807, 2.05) is 6.07 Å². The molecule has 0 radical (unpaired) electrons. The topological polar surface area (TPSA) is 93.1 Å². The first-order valence-electron chi connectivity index (χ1n) is 10.1. The van der Waals surface area contributed by atoms with Crippen molar-refractivity contribution >= 4 is 34.3 Å². The van der Waals surface area contributed by atoms with Crippen molar-refractivity contribution in [2.24, 2.45) is 0 Å². The number of carbonyl (C=O) groups excluding carboxylic acids is 2. The monoisotopic (exact) mass is 463 g/mol. The lowest BCUT2D eigenvalue weighted by molar-refractivity contribution is -0.130. The number of carbonyl (C=O) groups is 2. The maximum Gasteiger partial charge on any atom is 0.290 e. The van der Waals surface area contributed by atoms with Crippen molar-refractivity contribution in [3.8, 4) is 5.75 Å². The van der Waals surface area contributed by atoms with Crippen molar-refractivity contribution in [1.82, 2.24) is 4.90 Å². The number of halogens is 1. The standard InChI is InChI=1S/C25H18ClNO6/c1-31-19-12-16(26)10-15-11-18(33-24(15)19)22(28)20-21(14-6-3-2-4-7-14)27(25(30)23(20)29)13-17-8-5-9-32-17/h2-12,21,29H,13H2,1H3. The number of ketones is 1. The van der Waals surface area contributed by atoms with E-state index in [1.54, 1.807) is 48.5 Å². The summed E-state index contributed by atoms with van der Waals surface area (Å²) in [6, 6.07) is 16.4. The summed E-state index contributed by atoms with van der Waals surface area (Å²) in [4.78, 5) is 28.0. The van der Waals surface area contributed by atoms with E-state index >= 15 is 0 Å². The maximum atomic E-state index is 13.6. The molecular weight excluding hydrogens is 446 g/mol. The highest BCUT2D eigenvalue weighted by Crippen LogP contribution is 2.41. The van der Waals surface area contributed by atoms with Crippen molar-refractivity contribution < 1.29 is 28.3 Å². The zero-order valence-corrected chi connectivity index (χ0v) is 18.2. The van der Waals surface area contributed by atoms with Crippen molar-refractivity contribution in [3.63, 3.8) is 0 Å². The predicted molar refractivity (Wildman–Crippen MR) is 120 cm³/mol. The van der Waals surface area contributed by atoms with Crippen molar-refractivity contribution in [3.05, 3.63) is 100 Å². The number of Topliss-reactive ketones (excluding diaryl/α,β-unsaturated/α-hetero) is 1. The number of aliphatic hydroxyl groups excluding tert-OH is 1. The van der Waals surface area contributed by atoms with Crippen LogP contribution in [0.5, 0.6) is 5.75 Å². The van der Waals surface area contributed by atoms with Crippen LogP contribution in [0, 0.1) is 0 Å². The number of ether oxygens (including phenoxy) is 1. The lowest BCUT2D eigenvalue weighted by atomic mass is 9.95. The van der Waals surface area contributed by atoms with Gasteiger partial charge in [0.25, 0.3) is 5.91 Å². The molecule has 2 aromatic heterocycles. The number of benzene rings is 2. The van der Waals surface area contributed by atoms with Crippen LogP contribution in [-0.2, 0) is 11.3 Å². The number of rotatable bonds is 6. The molecule has 4 aromatic rings. The van der Waals surface area contributed by atoms with E-state index < -0.39 is 23.5 Å². The van der Waals surface area contributed by atoms with E-state index in [4.69, 9.17) is 25.2 Å². The average molecular weight is 464 g/mol. The molecular formula is C25H18ClNO6. The van der Waals surface area contributed by atoms with Crippen LogP contribution in [0.1, 0.15) is 27.9 Å². The Morgan fingerprint density at radius 2 is 1.94 bits per heavy atom. The molecule has 7 nitrogen and oxygen atoms in total. The summed E-state index contributed by atoms with van der Waals surface area (Å²) in [5, 5.41) is 11.8. The number of nitrogens with zero attached hydrogens (tertiary/aromatic N) is 1. The Morgan fingerprint density at radius 3 is 2.64 bits per heavy atom. The van der Waals surface area contributed by atoms with Gasteiger partial charge in [-0.1, -0.05) is 41.9 Å². The summed E-state index contributed by atoms with van der Waals surface area (Å²) in [5.41, 5.74) is 0.946. The summed E-state index contributed by atoms with van der Waals surface area (Å²) < 4.78 is 16.5. The van der Waals surface area contributed by atoms with Gasteiger partial charge in [-0.15, -0.1) is 0 Å². The molecule has 1 aliphatic rings. The summed E-state index contributed by atoms with van der Waals surface area (Å²) >= 11 is 6.13. The van der Waals surface area contributed by atoms with Gasteiger partial charge < -0.3 is 23.6 Å². The van der Waals surface area contributed by atoms with E-state index in [0.29, 0.717) is 33.1 Å². The molecule has 5 rings (SSSR count). The quantitative estimate of drug-likeness (QED) is 0.381. The van der Waals surface area contributed by atoms with Crippen LogP contribution in [0.4, 0.5) is 0 Å². The summed E-state index contributed by atoms with van der Waals surface area (Å²) in [6.45, 7) is 0.0792. The minimum Gasteiger partial charge on any atom is -0.503 e. The van der Waals surface area contributed by atoms with Crippen LogP contribution in [0.3, 0.4) is 0 Å². The van der Waals surface area contributed by atoms with Gasteiger partial charge in [-0.25, -0.2) is 0 Å².